The van der Waals surface area contributed by atoms with Gasteiger partial charge in [0, 0.05) is 56.4 Å². The number of amidine groups is 2. The molecule has 0 aliphatic carbocycles. The maximum absolute atomic E-state index is 12.5. The van der Waals surface area contributed by atoms with Crippen molar-refractivity contribution in [3.63, 3.8) is 0 Å². The number of aliphatic imine (C=N–C) groups is 1. The van der Waals surface area contributed by atoms with E-state index in [4.69, 9.17) is 73.7 Å². The number of carbonyl (C=O) groups excluding carboxylic acids is 1. The van der Waals surface area contributed by atoms with Crippen molar-refractivity contribution < 1.29 is 61.6 Å². The molecular weight excluding hydrogens is 909 g/mol. The number of amides is 1. The van der Waals surface area contributed by atoms with Crippen molar-refractivity contribution in [3.05, 3.63) is 70.6 Å². The number of aryl methyl sites for hydroxylation is 1. The molecule has 3 aromatic rings. The summed E-state index contributed by atoms with van der Waals surface area (Å²) in [5.74, 6) is 0.568. The second-order valence-corrected chi connectivity index (χ2v) is 15.7. The third kappa shape index (κ3) is 23.6. The molecule has 2 aromatic heterocycles. The van der Waals surface area contributed by atoms with Gasteiger partial charge in [0.25, 0.3) is 0 Å². The summed E-state index contributed by atoms with van der Waals surface area (Å²) >= 11 is 0. The molecule has 0 unspecified atom stereocenters. The lowest BCUT2D eigenvalue weighted by Gasteiger charge is -2.39. The zero-order valence-corrected chi connectivity index (χ0v) is 41.4. The van der Waals surface area contributed by atoms with Crippen LogP contribution in [0.4, 0.5) is 0 Å². The highest BCUT2D eigenvalue weighted by Gasteiger charge is 2.36. The summed E-state index contributed by atoms with van der Waals surface area (Å²) in [5, 5.41) is 12.2. The number of nitrogens with zero attached hydrogens (tertiary/aromatic N) is 3. The number of hydrogen-bond acceptors (Lipinski definition) is 17. The van der Waals surface area contributed by atoms with E-state index in [0.29, 0.717) is 196 Å². The number of nitrogens with two attached hydrogens (primary N) is 2. The van der Waals surface area contributed by atoms with Crippen molar-refractivity contribution in [2.75, 3.05) is 179 Å². The number of H-pyrrole nitrogens is 1. The molecule has 1 aliphatic heterocycles. The van der Waals surface area contributed by atoms with Gasteiger partial charge in [-0.05, 0) is 42.2 Å². The summed E-state index contributed by atoms with van der Waals surface area (Å²) in [7, 11) is 1.71. The predicted molar refractivity (Wildman–Crippen MR) is 265 cm³/mol. The summed E-state index contributed by atoms with van der Waals surface area (Å²) in [5.41, 5.74) is 17.8. The Hall–Kier alpha value is -4.46. The molecule has 1 aromatic carbocycles. The number of rotatable bonds is 45. The number of nitrogens with one attached hydrogen (secondary N) is 3. The lowest BCUT2D eigenvalue weighted by atomic mass is 9.93. The monoisotopic (exact) mass is 987 g/mol. The van der Waals surface area contributed by atoms with Gasteiger partial charge >= 0.3 is 0 Å². The van der Waals surface area contributed by atoms with Crippen molar-refractivity contribution in [1.82, 2.24) is 20.2 Å². The first kappa shape index (κ1) is 58.1. The Labute approximate surface area is 412 Å². The van der Waals surface area contributed by atoms with E-state index in [-0.39, 0.29) is 18.2 Å². The number of carbonyl (C=O) groups is 1. The Morgan fingerprint density at radius 1 is 0.671 bits per heavy atom. The number of fused-ring (bicyclic) bond motifs is 1. The van der Waals surface area contributed by atoms with Crippen LogP contribution in [0, 0.1) is 12.3 Å². The molecule has 70 heavy (non-hydrogen) atoms. The van der Waals surface area contributed by atoms with Crippen LogP contribution in [-0.2, 0) is 74.6 Å². The Balaban J connectivity index is 0.866. The lowest BCUT2D eigenvalue weighted by molar-refractivity contribution is -0.122. The molecule has 0 saturated heterocycles. The fourth-order valence-corrected chi connectivity index (χ4v) is 6.90. The normalized spacial score (nSPS) is 13.2. The maximum Gasteiger partial charge on any atom is 0.222 e. The van der Waals surface area contributed by atoms with E-state index >= 15 is 0 Å². The number of aromatic amines is 1. The van der Waals surface area contributed by atoms with Crippen molar-refractivity contribution in [3.8, 4) is 0 Å². The molecule has 3 heterocycles. The van der Waals surface area contributed by atoms with Crippen LogP contribution in [-0.4, -0.2) is 211 Å². The smallest absolute Gasteiger partial charge is 0.222 e. The van der Waals surface area contributed by atoms with Gasteiger partial charge in [-0.15, -0.1) is 0 Å². The van der Waals surface area contributed by atoms with E-state index in [1.165, 1.54) is 0 Å². The second kappa shape index (κ2) is 37.3. The van der Waals surface area contributed by atoms with E-state index in [1.54, 1.807) is 13.2 Å². The van der Waals surface area contributed by atoms with Crippen molar-refractivity contribution in [2.45, 2.75) is 26.3 Å². The van der Waals surface area contributed by atoms with Gasteiger partial charge in [0.2, 0.25) is 5.91 Å². The minimum absolute atomic E-state index is 0.0330. The van der Waals surface area contributed by atoms with Crippen LogP contribution >= 0.6 is 0 Å². The van der Waals surface area contributed by atoms with Crippen LogP contribution in [0.25, 0.3) is 16.7 Å². The van der Waals surface area contributed by atoms with E-state index in [2.05, 4.69) is 50.3 Å². The third-order valence-corrected chi connectivity index (χ3v) is 10.4. The SMILES string of the molecule is CN=C1C(C(=N)N)=C(c2cnc3[nH]ccc3c2)N1Cc1ccc(C)c(CCNC(=O)CCOCCOCCOCCOCCOCCOCCOCCOCCOCCOCCOCCOCCN)c1. The van der Waals surface area contributed by atoms with Gasteiger partial charge in [-0.1, -0.05) is 18.2 Å². The van der Waals surface area contributed by atoms with Crippen LogP contribution in [0.3, 0.4) is 0 Å². The van der Waals surface area contributed by atoms with E-state index < -0.39 is 0 Å². The van der Waals surface area contributed by atoms with Gasteiger partial charge in [0.15, 0.2) is 0 Å². The maximum atomic E-state index is 12.5. The van der Waals surface area contributed by atoms with Gasteiger partial charge < -0.3 is 83.5 Å². The molecule has 4 rings (SSSR count). The van der Waals surface area contributed by atoms with Gasteiger partial charge in [-0.2, -0.15) is 0 Å². The Kier molecular flexibility index (Phi) is 31.0. The summed E-state index contributed by atoms with van der Waals surface area (Å²) in [6.45, 7) is 15.1. The topological polar surface area (TPSA) is 260 Å². The number of hydrogen-bond donors (Lipinski definition) is 5. The van der Waals surface area contributed by atoms with Gasteiger partial charge in [0.1, 0.15) is 17.3 Å². The van der Waals surface area contributed by atoms with Gasteiger partial charge in [-0.25, -0.2) is 4.98 Å². The van der Waals surface area contributed by atoms with Gasteiger partial charge in [-0.3, -0.25) is 15.2 Å². The van der Waals surface area contributed by atoms with E-state index in [0.717, 1.165) is 39.0 Å². The van der Waals surface area contributed by atoms with Crippen LogP contribution in [0.5, 0.6) is 0 Å². The zero-order valence-electron chi connectivity index (χ0n) is 41.4. The second-order valence-electron chi connectivity index (χ2n) is 15.7. The molecule has 0 bridgehead atoms. The standard InChI is InChI=1S/C49H78N8O13/c1-39-3-4-40(38-57-46(45(47(51)52)49(57)53-2)43-36-42-6-10-55-48(42)56-37-43)35-41(39)5-9-54-44(58)7-11-59-13-15-61-17-19-63-21-23-65-25-27-67-29-31-69-33-34-70-32-30-68-28-26-66-24-22-64-20-18-62-16-14-60-12-8-50/h3-4,6,10,35-37H,5,7-9,11-34,38,50H2,1-2H3,(H3,51,52)(H,54,58)(H,55,56). The van der Waals surface area contributed by atoms with Crippen LogP contribution in [0.2, 0.25) is 0 Å². The Morgan fingerprint density at radius 2 is 1.13 bits per heavy atom. The molecule has 0 fully saturated rings. The molecule has 0 atom stereocenters. The van der Waals surface area contributed by atoms with Crippen molar-refractivity contribution in [2.24, 2.45) is 16.5 Å². The summed E-state index contributed by atoms with van der Waals surface area (Å²) in [4.78, 5) is 26.7. The molecule has 7 N–H and O–H groups in total. The fourth-order valence-electron chi connectivity index (χ4n) is 6.90. The highest BCUT2D eigenvalue weighted by atomic mass is 16.6. The zero-order chi connectivity index (χ0) is 49.7. The molecule has 21 heteroatoms. The van der Waals surface area contributed by atoms with Crippen LogP contribution in [0.1, 0.15) is 28.7 Å². The molecule has 0 saturated carbocycles. The molecule has 1 amide bonds. The van der Waals surface area contributed by atoms with Crippen LogP contribution < -0.4 is 16.8 Å². The number of pyridine rings is 1. The minimum Gasteiger partial charge on any atom is -0.384 e. The number of ether oxygens (including phenoxy) is 12. The first-order valence-electron chi connectivity index (χ1n) is 24.2. The molecule has 0 spiro atoms. The van der Waals surface area contributed by atoms with Gasteiger partial charge in [0.05, 0.1) is 170 Å². The fraction of sp³-hybridized carbons (Fsp3) is 0.633. The molecule has 21 nitrogen and oxygen atoms in total. The first-order chi connectivity index (χ1) is 34.4. The lowest BCUT2D eigenvalue weighted by Crippen LogP contribution is -2.45. The molecule has 0 radical (unpaired) electrons. The van der Waals surface area contributed by atoms with Crippen LogP contribution in [0.15, 0.2) is 53.3 Å². The van der Waals surface area contributed by atoms with E-state index in [1.807, 2.05) is 18.3 Å². The summed E-state index contributed by atoms with van der Waals surface area (Å²) < 4.78 is 65.8. The number of benzene rings is 1. The average molecular weight is 987 g/mol. The van der Waals surface area contributed by atoms with Crippen molar-refractivity contribution >= 4 is 34.3 Å². The summed E-state index contributed by atoms with van der Waals surface area (Å²) in [6, 6.07) is 10.3. The Bertz CT molecular complexity index is 1950. The largest absolute Gasteiger partial charge is 0.384 e. The first-order valence-corrected chi connectivity index (χ1v) is 24.2. The average Bonchev–Trinajstić information content (AvgIpc) is 3.83. The highest BCUT2D eigenvalue weighted by Crippen LogP contribution is 2.37. The summed E-state index contributed by atoms with van der Waals surface area (Å²) in [6.07, 6.45) is 4.59. The highest BCUT2D eigenvalue weighted by molar-refractivity contribution is 6.33. The van der Waals surface area contributed by atoms with Crippen molar-refractivity contribution in [1.29, 1.82) is 5.41 Å². The Morgan fingerprint density at radius 3 is 1.57 bits per heavy atom. The molecular formula is C49H78N8O13. The molecule has 392 valence electrons. The van der Waals surface area contributed by atoms with E-state index in [9.17, 15) is 4.79 Å². The molecule has 1 aliphatic rings. The quantitative estimate of drug-likeness (QED) is 0.0309. The number of aromatic nitrogens is 2. The third-order valence-electron chi connectivity index (χ3n) is 10.4. The predicted octanol–water partition coefficient (Wildman–Crippen LogP) is 2.27. The minimum atomic E-state index is -0.0663.